The maximum absolute atomic E-state index is 12.6. The molecule has 0 heterocycles. The van der Waals surface area contributed by atoms with Crippen molar-refractivity contribution in [2.24, 2.45) is 5.92 Å². The van der Waals surface area contributed by atoms with Crippen LogP contribution in [-0.2, 0) is 32.7 Å². The van der Waals surface area contributed by atoms with Crippen molar-refractivity contribution in [3.63, 3.8) is 0 Å². The predicted octanol–water partition coefficient (Wildman–Crippen LogP) is 10.1. The Morgan fingerprint density at radius 3 is 1.81 bits per heavy atom. The van der Waals surface area contributed by atoms with E-state index in [4.69, 9.17) is 19.1 Å². The molecule has 4 atom stereocenters. The molecule has 0 saturated carbocycles. The van der Waals surface area contributed by atoms with E-state index < -0.39 is 64.5 Å². The number of hydrogen-bond donors (Lipinski definition) is 4. The molecule has 0 aromatic carbocycles. The van der Waals surface area contributed by atoms with E-state index in [-0.39, 0.29) is 12.8 Å². The lowest BCUT2D eigenvalue weighted by atomic mass is 10.0. The highest BCUT2D eigenvalue weighted by Crippen LogP contribution is 2.43. The number of rotatable bonds is 38. The Hall–Kier alpha value is -2.63. The van der Waals surface area contributed by atoms with Crippen LogP contribution in [0, 0.1) is 5.92 Å². The third-order valence-corrected chi connectivity index (χ3v) is 9.60. The first-order valence-corrected chi connectivity index (χ1v) is 22.9. The topological polar surface area (TPSA) is 169 Å². The number of ether oxygens (including phenoxy) is 2. The number of esters is 2. The Balaban J connectivity index is 4.53. The molecule has 328 valence electrons. The zero-order valence-corrected chi connectivity index (χ0v) is 36.2. The molecule has 0 aliphatic carbocycles. The normalized spacial score (nSPS) is 15.2. The minimum Gasteiger partial charge on any atom is -0.462 e. The Bertz CT molecular complexity index is 1210. The fourth-order valence-electron chi connectivity index (χ4n) is 5.35. The van der Waals surface area contributed by atoms with Crippen LogP contribution < -0.4 is 0 Å². The van der Waals surface area contributed by atoms with Gasteiger partial charge in [0.25, 0.3) is 0 Å². The number of allylic oxidation sites excluding steroid dienone is 10. The predicted molar refractivity (Wildman–Crippen MR) is 229 cm³/mol. The highest BCUT2D eigenvalue weighted by Gasteiger charge is 2.27. The molecule has 11 nitrogen and oxygen atoms in total. The summed E-state index contributed by atoms with van der Waals surface area (Å²) in [5.41, 5.74) is 0. The number of carbonyl (C=O) groups excluding carboxylic acids is 2. The van der Waals surface area contributed by atoms with Crippen molar-refractivity contribution in [1.29, 1.82) is 0 Å². The molecule has 0 bridgehead atoms. The highest BCUT2D eigenvalue weighted by atomic mass is 31.2. The highest BCUT2D eigenvalue weighted by molar-refractivity contribution is 7.47. The second-order valence-corrected chi connectivity index (χ2v) is 16.1. The summed E-state index contributed by atoms with van der Waals surface area (Å²) in [6, 6.07) is 0. The van der Waals surface area contributed by atoms with Gasteiger partial charge in [0.05, 0.1) is 25.9 Å². The number of carbonyl (C=O) groups is 2. The monoisotopic (exact) mass is 825 g/mol. The molecule has 4 N–H and O–H groups in total. The summed E-state index contributed by atoms with van der Waals surface area (Å²) in [5.74, 6) is -0.326. The van der Waals surface area contributed by atoms with Crippen LogP contribution in [0.5, 0.6) is 0 Å². The maximum atomic E-state index is 12.6. The molecule has 57 heavy (non-hydrogen) atoms. The van der Waals surface area contributed by atoms with Crippen molar-refractivity contribution in [2.75, 3.05) is 26.4 Å². The van der Waals surface area contributed by atoms with Gasteiger partial charge in [-0.25, -0.2) is 4.57 Å². The molecule has 2 unspecified atom stereocenters. The van der Waals surface area contributed by atoms with Crippen LogP contribution in [0.3, 0.4) is 0 Å². The quantitative estimate of drug-likeness (QED) is 0.0154. The average Bonchev–Trinajstić information content (AvgIpc) is 3.18. The van der Waals surface area contributed by atoms with E-state index in [1.165, 1.54) is 51.4 Å². The molecule has 0 fully saturated rings. The third kappa shape index (κ3) is 40.0. The maximum Gasteiger partial charge on any atom is 0.472 e. The van der Waals surface area contributed by atoms with Gasteiger partial charge in [0, 0.05) is 12.8 Å². The molecule has 0 rings (SSSR count). The van der Waals surface area contributed by atoms with Gasteiger partial charge in [-0.2, -0.15) is 0 Å². The number of phosphoric acid groups is 1. The van der Waals surface area contributed by atoms with Crippen LogP contribution in [0.4, 0.5) is 0 Å². The molecule has 0 aromatic rings. The molecule has 0 amide bonds. The van der Waals surface area contributed by atoms with Crippen LogP contribution in [0.15, 0.2) is 72.9 Å². The van der Waals surface area contributed by atoms with Crippen LogP contribution >= 0.6 is 7.82 Å². The summed E-state index contributed by atoms with van der Waals surface area (Å²) in [7, 11) is -4.66. The first-order chi connectivity index (χ1) is 27.5. The number of unbranched alkanes of at least 4 members (excludes halogenated alkanes) is 10. The van der Waals surface area contributed by atoms with E-state index in [1.807, 2.05) is 12.2 Å². The van der Waals surface area contributed by atoms with E-state index in [1.54, 1.807) is 24.3 Å². The van der Waals surface area contributed by atoms with Gasteiger partial charge in [-0.05, 0) is 50.9 Å². The van der Waals surface area contributed by atoms with Gasteiger partial charge in [-0.15, -0.1) is 0 Å². The lowest BCUT2D eigenvalue weighted by Crippen LogP contribution is -2.29. The smallest absolute Gasteiger partial charge is 0.462 e. The van der Waals surface area contributed by atoms with Gasteiger partial charge >= 0.3 is 19.8 Å². The first kappa shape index (κ1) is 54.4. The molecule has 0 saturated heterocycles. The van der Waals surface area contributed by atoms with Crippen LogP contribution in [0.25, 0.3) is 0 Å². The lowest BCUT2D eigenvalue weighted by Gasteiger charge is -2.20. The number of aliphatic hydroxyl groups is 3. The lowest BCUT2D eigenvalue weighted by molar-refractivity contribution is -0.161. The zero-order valence-electron chi connectivity index (χ0n) is 35.3. The summed E-state index contributed by atoms with van der Waals surface area (Å²) in [4.78, 5) is 35.0. The van der Waals surface area contributed by atoms with Gasteiger partial charge < -0.3 is 29.7 Å². The van der Waals surface area contributed by atoms with Crippen molar-refractivity contribution >= 4 is 19.8 Å². The summed E-state index contributed by atoms with van der Waals surface area (Å²) >= 11 is 0. The third-order valence-electron chi connectivity index (χ3n) is 8.65. The van der Waals surface area contributed by atoms with E-state index in [2.05, 4.69) is 61.8 Å². The van der Waals surface area contributed by atoms with E-state index in [9.17, 15) is 29.3 Å². The molecule has 12 heteroatoms. The van der Waals surface area contributed by atoms with Crippen LogP contribution in [-0.4, -0.2) is 76.9 Å². The number of hydrogen-bond acceptors (Lipinski definition) is 10. The van der Waals surface area contributed by atoms with Gasteiger partial charge in [-0.1, -0.05) is 164 Å². The van der Waals surface area contributed by atoms with Crippen molar-refractivity contribution in [3.8, 4) is 0 Å². The zero-order chi connectivity index (χ0) is 42.2. The molecule has 0 aromatic heterocycles. The summed E-state index contributed by atoms with van der Waals surface area (Å²) in [6.45, 7) is 4.36. The second-order valence-electron chi connectivity index (χ2n) is 14.7. The fraction of sp³-hybridized carbons (Fsp3) is 0.689. The van der Waals surface area contributed by atoms with Gasteiger partial charge in [0.2, 0.25) is 0 Å². The van der Waals surface area contributed by atoms with Gasteiger partial charge in [0.1, 0.15) is 12.7 Å². The first-order valence-electron chi connectivity index (χ1n) is 21.4. The molecule has 0 radical (unpaired) electrons. The fourth-order valence-corrected chi connectivity index (χ4v) is 6.14. The minimum absolute atomic E-state index is 0.0326. The summed E-state index contributed by atoms with van der Waals surface area (Å²) < 4.78 is 32.5. The number of aliphatic hydroxyl groups excluding tert-OH is 3. The van der Waals surface area contributed by atoms with E-state index in [0.29, 0.717) is 19.3 Å². The van der Waals surface area contributed by atoms with Crippen LogP contribution in [0.1, 0.15) is 149 Å². The Morgan fingerprint density at radius 2 is 1.21 bits per heavy atom. The standard InChI is InChI=1S/C45H77O11P/c1-4-5-6-7-8-9-10-11-14-17-20-23-27-32-41(47)33-28-25-30-34-44(49)53-38-43(39-55-57(51,52)54-37-42(48)36-46)56-45(50)35-29-24-21-18-15-12-13-16-19-22-26-31-40(2)3/h5-6,8-9,11,14,20,23,25,27-28,32,40-43,46-48H,4,7,10,12-13,15-19,21-22,24,26,29-31,33-39H2,1-3H3,(H,51,52)/b6-5-,9-8-,14-11-,23-20-,28-25-,32-27-/t41?,42-,43+/m0/s1. The van der Waals surface area contributed by atoms with E-state index >= 15 is 0 Å². The van der Waals surface area contributed by atoms with Crippen molar-refractivity contribution < 1.29 is 52.9 Å². The molecule has 0 aliphatic rings. The van der Waals surface area contributed by atoms with Gasteiger partial charge in [-0.3, -0.25) is 18.6 Å². The van der Waals surface area contributed by atoms with Crippen molar-refractivity contribution in [1.82, 2.24) is 0 Å². The largest absolute Gasteiger partial charge is 0.472 e. The number of phosphoric ester groups is 1. The van der Waals surface area contributed by atoms with E-state index in [0.717, 1.165) is 50.9 Å². The Kier molecular flexibility index (Phi) is 37.1. The second kappa shape index (κ2) is 38.9. The molecule has 0 spiro atoms. The van der Waals surface area contributed by atoms with Crippen molar-refractivity contribution in [3.05, 3.63) is 72.9 Å². The van der Waals surface area contributed by atoms with Crippen LogP contribution in [0.2, 0.25) is 0 Å². The Labute approximate surface area is 344 Å². The summed E-state index contributed by atoms with van der Waals surface area (Å²) in [5, 5.41) is 28.5. The van der Waals surface area contributed by atoms with Gasteiger partial charge in [0.15, 0.2) is 6.10 Å². The minimum atomic E-state index is -4.66. The Morgan fingerprint density at radius 1 is 0.649 bits per heavy atom. The van der Waals surface area contributed by atoms with Crippen molar-refractivity contribution in [2.45, 2.75) is 167 Å². The SMILES string of the molecule is CC/C=C\C/C=C\C/C=C\C/C=C\C=C/C(O)C/C=C\CCC(=O)OC[C@H](COP(=O)(O)OC[C@@H](O)CO)OC(=O)CCCCCCCCCCCCCC(C)C. The average molecular weight is 825 g/mol. The summed E-state index contributed by atoms with van der Waals surface area (Å²) in [6.07, 6.45) is 39.1. The molecular weight excluding hydrogens is 747 g/mol. The molecule has 0 aliphatic heterocycles. The molecular formula is C45H77O11P.